The maximum Gasteiger partial charge on any atom is 0.243 e. The summed E-state index contributed by atoms with van der Waals surface area (Å²) in [5.74, 6) is -0.0178. The average Bonchev–Trinajstić information content (AvgIpc) is 3.50. The van der Waals surface area contributed by atoms with Crippen molar-refractivity contribution in [2.24, 2.45) is 0 Å². The van der Waals surface area contributed by atoms with Crippen LogP contribution in [0.3, 0.4) is 0 Å². The third kappa shape index (κ3) is 5.60. The fraction of sp³-hybridized carbons (Fsp3) is 0.550. The summed E-state index contributed by atoms with van der Waals surface area (Å²) in [5.41, 5.74) is 0. The predicted molar refractivity (Wildman–Crippen MR) is 124 cm³/mol. The molecule has 0 aliphatic carbocycles. The lowest BCUT2D eigenvalue weighted by Crippen LogP contribution is -2.52. The molecule has 1 N–H and O–H groups in total. The normalized spacial score (nSPS) is 20.9. The third-order valence-electron chi connectivity index (χ3n) is 5.47. The molecule has 174 valence electrons. The van der Waals surface area contributed by atoms with E-state index in [0.717, 1.165) is 28.9 Å². The van der Waals surface area contributed by atoms with E-state index in [4.69, 9.17) is 4.74 Å². The SMILES string of the molecule is C[C@@H](Sc1nnc(NC[C@H]2CCCO2)s1)C(=O)N1CCN(S(=O)(=O)c2ccccc2)CC1. The number of thioether (sulfide) groups is 1. The summed E-state index contributed by atoms with van der Waals surface area (Å²) in [6.45, 7) is 4.70. The summed E-state index contributed by atoms with van der Waals surface area (Å²) < 4.78 is 33.3. The van der Waals surface area contributed by atoms with Gasteiger partial charge in [-0.3, -0.25) is 4.79 Å². The van der Waals surface area contributed by atoms with Crippen molar-refractivity contribution in [3.63, 3.8) is 0 Å². The molecule has 2 aliphatic rings. The molecule has 0 bridgehead atoms. The van der Waals surface area contributed by atoms with Crippen LogP contribution in [0.25, 0.3) is 0 Å². The number of nitrogens with one attached hydrogen (secondary N) is 1. The van der Waals surface area contributed by atoms with Crippen LogP contribution >= 0.6 is 23.1 Å². The number of rotatable bonds is 8. The first-order valence-electron chi connectivity index (χ1n) is 10.6. The van der Waals surface area contributed by atoms with Crippen LogP contribution in [0.2, 0.25) is 0 Å². The minimum absolute atomic E-state index is 0.0178. The van der Waals surface area contributed by atoms with E-state index >= 15 is 0 Å². The largest absolute Gasteiger partial charge is 0.376 e. The summed E-state index contributed by atoms with van der Waals surface area (Å²) in [6.07, 6.45) is 2.37. The van der Waals surface area contributed by atoms with Crippen LogP contribution in [0.4, 0.5) is 5.13 Å². The monoisotopic (exact) mass is 497 g/mol. The van der Waals surface area contributed by atoms with Gasteiger partial charge < -0.3 is 15.0 Å². The van der Waals surface area contributed by atoms with Crippen molar-refractivity contribution < 1.29 is 17.9 Å². The van der Waals surface area contributed by atoms with Crippen LogP contribution in [0.5, 0.6) is 0 Å². The highest BCUT2D eigenvalue weighted by Crippen LogP contribution is 2.30. The number of benzene rings is 1. The summed E-state index contributed by atoms with van der Waals surface area (Å²) in [5, 5.41) is 12.0. The molecule has 12 heteroatoms. The number of piperazine rings is 1. The van der Waals surface area contributed by atoms with Crippen molar-refractivity contribution in [2.45, 2.75) is 40.4 Å². The number of amides is 1. The van der Waals surface area contributed by atoms with Crippen molar-refractivity contribution in [1.29, 1.82) is 0 Å². The Labute approximate surface area is 196 Å². The number of ether oxygens (including phenoxy) is 1. The van der Waals surface area contributed by atoms with Gasteiger partial charge in [-0.15, -0.1) is 10.2 Å². The van der Waals surface area contributed by atoms with Gasteiger partial charge in [-0.25, -0.2) is 8.42 Å². The van der Waals surface area contributed by atoms with Gasteiger partial charge in [-0.05, 0) is 31.9 Å². The molecule has 2 aromatic rings. The van der Waals surface area contributed by atoms with Gasteiger partial charge in [0.05, 0.1) is 16.2 Å². The van der Waals surface area contributed by atoms with Gasteiger partial charge in [0.25, 0.3) is 0 Å². The first-order chi connectivity index (χ1) is 15.4. The van der Waals surface area contributed by atoms with Crippen LogP contribution in [0.1, 0.15) is 19.8 Å². The van der Waals surface area contributed by atoms with E-state index in [9.17, 15) is 13.2 Å². The lowest BCUT2D eigenvalue weighted by Gasteiger charge is -2.35. The lowest BCUT2D eigenvalue weighted by molar-refractivity contribution is -0.131. The van der Waals surface area contributed by atoms with E-state index in [-0.39, 0.29) is 35.2 Å². The molecule has 2 aliphatic heterocycles. The maximum absolute atomic E-state index is 12.9. The number of nitrogens with zero attached hydrogens (tertiary/aromatic N) is 4. The number of hydrogen-bond donors (Lipinski definition) is 1. The van der Waals surface area contributed by atoms with Crippen molar-refractivity contribution in [3.8, 4) is 0 Å². The summed E-state index contributed by atoms with van der Waals surface area (Å²) in [4.78, 5) is 14.9. The van der Waals surface area contributed by atoms with Crippen molar-refractivity contribution in [3.05, 3.63) is 30.3 Å². The molecule has 3 heterocycles. The Kier molecular flexibility index (Phi) is 7.66. The van der Waals surface area contributed by atoms with Crippen molar-refractivity contribution in [2.75, 3.05) is 44.6 Å². The second kappa shape index (κ2) is 10.5. The van der Waals surface area contributed by atoms with Gasteiger partial charge >= 0.3 is 0 Å². The van der Waals surface area contributed by atoms with Crippen LogP contribution in [0.15, 0.2) is 39.6 Å². The number of aromatic nitrogens is 2. The van der Waals surface area contributed by atoms with Crippen molar-refractivity contribution >= 4 is 44.2 Å². The Morgan fingerprint density at radius 2 is 2.00 bits per heavy atom. The van der Waals surface area contributed by atoms with E-state index in [1.165, 1.54) is 27.4 Å². The number of sulfonamides is 1. The molecule has 0 unspecified atom stereocenters. The summed E-state index contributed by atoms with van der Waals surface area (Å²) in [6, 6.07) is 8.40. The standard InChI is InChI=1S/C20H27N5O4S3/c1-15(30-20-23-22-19(31-20)21-14-16-6-5-13-29-16)18(26)24-9-11-25(12-10-24)32(27,28)17-7-3-2-4-8-17/h2-4,7-8,15-16H,5-6,9-14H2,1H3,(H,21,22)/t15-,16-/m1/s1. The quantitative estimate of drug-likeness (QED) is 0.553. The first kappa shape index (κ1) is 23.4. The smallest absolute Gasteiger partial charge is 0.243 e. The highest BCUT2D eigenvalue weighted by Gasteiger charge is 2.32. The Morgan fingerprint density at radius 1 is 1.25 bits per heavy atom. The Morgan fingerprint density at radius 3 is 2.69 bits per heavy atom. The van der Waals surface area contributed by atoms with Gasteiger partial charge in [0.15, 0.2) is 4.34 Å². The van der Waals surface area contributed by atoms with E-state index in [1.54, 1.807) is 35.2 Å². The Balaban J connectivity index is 1.26. The molecule has 2 atom stereocenters. The zero-order valence-electron chi connectivity index (χ0n) is 17.8. The first-order valence-corrected chi connectivity index (χ1v) is 13.8. The number of hydrogen-bond acceptors (Lipinski definition) is 9. The molecule has 1 aromatic heterocycles. The zero-order valence-corrected chi connectivity index (χ0v) is 20.3. The highest BCUT2D eigenvalue weighted by molar-refractivity contribution is 8.02. The van der Waals surface area contributed by atoms with Gasteiger partial charge in [0.1, 0.15) is 0 Å². The summed E-state index contributed by atoms with van der Waals surface area (Å²) in [7, 11) is -3.53. The fourth-order valence-corrected chi connectivity index (χ4v) is 7.11. The van der Waals surface area contributed by atoms with E-state index in [1.807, 2.05) is 6.92 Å². The molecule has 32 heavy (non-hydrogen) atoms. The molecular formula is C20H27N5O4S3. The van der Waals surface area contributed by atoms with Crippen molar-refractivity contribution in [1.82, 2.24) is 19.4 Å². The molecule has 0 radical (unpaired) electrons. The van der Waals surface area contributed by atoms with Crippen LogP contribution < -0.4 is 5.32 Å². The Bertz CT molecular complexity index is 1000. The molecule has 9 nitrogen and oxygen atoms in total. The molecule has 2 saturated heterocycles. The predicted octanol–water partition coefficient (Wildman–Crippen LogP) is 2.14. The molecule has 1 amide bonds. The minimum Gasteiger partial charge on any atom is -0.376 e. The molecule has 2 fully saturated rings. The topological polar surface area (TPSA) is 105 Å². The third-order valence-corrected chi connectivity index (χ3v) is 9.43. The van der Waals surface area contributed by atoms with E-state index in [0.29, 0.717) is 19.6 Å². The van der Waals surface area contributed by atoms with Crippen LogP contribution in [-0.4, -0.2) is 84.4 Å². The molecule has 0 spiro atoms. The molecule has 4 rings (SSSR count). The fourth-order valence-electron chi connectivity index (χ4n) is 3.68. The van der Waals surface area contributed by atoms with Gasteiger partial charge in [0.2, 0.25) is 21.1 Å². The lowest BCUT2D eigenvalue weighted by atomic mass is 10.2. The van der Waals surface area contributed by atoms with Gasteiger partial charge in [-0.2, -0.15) is 4.31 Å². The van der Waals surface area contributed by atoms with Crippen LogP contribution in [0, 0.1) is 0 Å². The maximum atomic E-state index is 12.9. The molecule has 0 saturated carbocycles. The molecule has 1 aromatic carbocycles. The number of anilines is 1. The van der Waals surface area contributed by atoms with Crippen LogP contribution in [-0.2, 0) is 19.6 Å². The summed E-state index contributed by atoms with van der Waals surface area (Å²) >= 11 is 2.80. The second-order valence-corrected chi connectivity index (χ2v) is 12.2. The zero-order chi connectivity index (χ0) is 22.6. The highest BCUT2D eigenvalue weighted by atomic mass is 32.2. The van der Waals surface area contributed by atoms with E-state index < -0.39 is 10.0 Å². The van der Waals surface area contributed by atoms with Gasteiger partial charge in [-0.1, -0.05) is 41.3 Å². The second-order valence-electron chi connectivity index (χ2n) is 7.69. The Hall–Kier alpha value is -1.73. The number of carbonyl (C=O) groups excluding carboxylic acids is 1. The molecular weight excluding hydrogens is 470 g/mol. The minimum atomic E-state index is -3.53. The average molecular weight is 498 g/mol. The number of carbonyl (C=O) groups is 1. The van der Waals surface area contributed by atoms with E-state index in [2.05, 4.69) is 15.5 Å². The van der Waals surface area contributed by atoms with Gasteiger partial charge in [0, 0.05) is 39.3 Å².